The average Bonchev–Trinajstić information content (AvgIpc) is 2.92. The number of rotatable bonds is 4. The minimum Gasteiger partial charge on any atom is -0.274 e. The number of carbonyl (C=O) groups is 1. The van der Waals surface area contributed by atoms with Gasteiger partial charge in [0.25, 0.3) is 0 Å². The summed E-state index contributed by atoms with van der Waals surface area (Å²) in [5.74, 6) is 0.794. The van der Waals surface area contributed by atoms with E-state index in [-0.39, 0.29) is 5.91 Å². The molecule has 0 aliphatic carbocycles. The van der Waals surface area contributed by atoms with E-state index in [9.17, 15) is 4.79 Å². The summed E-state index contributed by atoms with van der Waals surface area (Å²) in [5.41, 5.74) is 4.11. The first-order valence-corrected chi connectivity index (χ1v) is 8.77. The Bertz CT molecular complexity index is 855. The van der Waals surface area contributed by atoms with Crippen molar-refractivity contribution in [3.63, 3.8) is 0 Å². The van der Waals surface area contributed by atoms with Gasteiger partial charge in [-0.15, -0.1) is 11.8 Å². The fourth-order valence-electron chi connectivity index (χ4n) is 2.37. The number of carbonyl (C=O) groups excluding carboxylic acids is 1. The number of benzene rings is 2. The van der Waals surface area contributed by atoms with Crippen LogP contribution in [-0.4, -0.2) is 21.2 Å². The molecule has 2 aromatic carbocycles. The van der Waals surface area contributed by atoms with Gasteiger partial charge in [0.2, 0.25) is 5.91 Å². The highest BCUT2D eigenvalue weighted by molar-refractivity contribution is 7.99. The highest BCUT2D eigenvalue weighted by Gasteiger charge is 2.11. The van der Waals surface area contributed by atoms with Crippen molar-refractivity contribution in [1.82, 2.24) is 9.55 Å². The van der Waals surface area contributed by atoms with E-state index in [1.165, 1.54) is 11.1 Å². The first kappa shape index (κ1) is 16.1. The van der Waals surface area contributed by atoms with E-state index in [0.29, 0.717) is 6.42 Å². The minimum absolute atomic E-state index is 0.0669. The van der Waals surface area contributed by atoms with Crippen LogP contribution in [-0.2, 0) is 0 Å². The van der Waals surface area contributed by atoms with Gasteiger partial charge in [-0.2, -0.15) is 0 Å². The standard InChI is InChI=1S/C18H17ClN2OS/c1-12-9-16-17(10-13(12)2)21(11-20-16)18(22)7-8-23-15-5-3-14(19)4-6-15/h3-6,9-11H,7-8H2,1-2H3. The maximum atomic E-state index is 12.4. The first-order chi connectivity index (χ1) is 11.0. The molecule has 0 aliphatic heterocycles. The average molecular weight is 345 g/mol. The van der Waals surface area contributed by atoms with Crippen LogP contribution < -0.4 is 0 Å². The molecule has 3 rings (SSSR count). The third-order valence-electron chi connectivity index (χ3n) is 3.83. The van der Waals surface area contributed by atoms with E-state index in [2.05, 4.69) is 11.9 Å². The molecule has 0 amide bonds. The van der Waals surface area contributed by atoms with Crippen molar-refractivity contribution < 1.29 is 4.79 Å². The van der Waals surface area contributed by atoms with Gasteiger partial charge < -0.3 is 0 Å². The van der Waals surface area contributed by atoms with Crippen LogP contribution in [0.4, 0.5) is 0 Å². The fraction of sp³-hybridized carbons (Fsp3) is 0.222. The highest BCUT2D eigenvalue weighted by atomic mass is 35.5. The van der Waals surface area contributed by atoms with E-state index in [4.69, 9.17) is 11.6 Å². The van der Waals surface area contributed by atoms with Crippen LogP contribution in [0, 0.1) is 13.8 Å². The minimum atomic E-state index is 0.0669. The lowest BCUT2D eigenvalue weighted by Gasteiger charge is -2.05. The maximum Gasteiger partial charge on any atom is 0.233 e. The molecule has 0 radical (unpaired) electrons. The number of aromatic nitrogens is 2. The highest BCUT2D eigenvalue weighted by Crippen LogP contribution is 2.22. The largest absolute Gasteiger partial charge is 0.274 e. The Hall–Kier alpha value is -1.78. The second-order valence-corrected chi connectivity index (χ2v) is 7.09. The monoisotopic (exact) mass is 344 g/mol. The molecule has 23 heavy (non-hydrogen) atoms. The fourth-order valence-corrected chi connectivity index (χ4v) is 3.34. The van der Waals surface area contributed by atoms with Gasteiger partial charge in [-0.1, -0.05) is 11.6 Å². The molecule has 0 saturated carbocycles. The zero-order chi connectivity index (χ0) is 16.4. The number of halogens is 1. The van der Waals surface area contributed by atoms with Crippen LogP contribution in [0.5, 0.6) is 0 Å². The van der Waals surface area contributed by atoms with Gasteiger partial charge >= 0.3 is 0 Å². The molecule has 0 bridgehead atoms. The molecule has 0 aliphatic rings. The summed E-state index contributed by atoms with van der Waals surface area (Å²) in [4.78, 5) is 17.9. The molecule has 0 saturated heterocycles. The molecule has 1 heterocycles. The van der Waals surface area contributed by atoms with E-state index < -0.39 is 0 Å². The number of fused-ring (bicyclic) bond motifs is 1. The molecule has 0 unspecified atom stereocenters. The second kappa shape index (κ2) is 6.77. The van der Waals surface area contributed by atoms with Crippen LogP contribution >= 0.6 is 23.4 Å². The summed E-state index contributed by atoms with van der Waals surface area (Å²) in [7, 11) is 0. The molecule has 3 nitrogen and oxygen atoms in total. The van der Waals surface area contributed by atoms with Crippen LogP contribution in [0.15, 0.2) is 47.6 Å². The van der Waals surface area contributed by atoms with Gasteiger partial charge in [0.1, 0.15) is 6.33 Å². The number of hydrogen-bond acceptors (Lipinski definition) is 3. The van der Waals surface area contributed by atoms with Crippen molar-refractivity contribution in [1.29, 1.82) is 0 Å². The molecule has 1 aromatic heterocycles. The molecule has 0 fully saturated rings. The zero-order valence-electron chi connectivity index (χ0n) is 13.0. The van der Waals surface area contributed by atoms with Crippen molar-refractivity contribution in [2.75, 3.05) is 5.75 Å². The predicted octanol–water partition coefficient (Wildman–Crippen LogP) is 5.13. The van der Waals surface area contributed by atoms with Crippen molar-refractivity contribution >= 4 is 40.3 Å². The van der Waals surface area contributed by atoms with Gasteiger partial charge in [0.15, 0.2) is 0 Å². The number of hydrogen-bond donors (Lipinski definition) is 0. The maximum absolute atomic E-state index is 12.4. The van der Waals surface area contributed by atoms with Crippen LogP contribution in [0.3, 0.4) is 0 Å². The van der Waals surface area contributed by atoms with Crippen LogP contribution in [0.2, 0.25) is 5.02 Å². The predicted molar refractivity (Wildman–Crippen MR) is 96.6 cm³/mol. The van der Waals surface area contributed by atoms with Gasteiger partial charge in [0.05, 0.1) is 11.0 Å². The summed E-state index contributed by atoms with van der Waals surface area (Å²) in [6, 6.07) is 11.7. The quantitative estimate of drug-likeness (QED) is 0.615. The van der Waals surface area contributed by atoms with Crippen molar-refractivity contribution in [2.45, 2.75) is 25.2 Å². The first-order valence-electron chi connectivity index (χ1n) is 7.40. The molecule has 0 N–H and O–H groups in total. The molecule has 0 spiro atoms. The Morgan fingerprint density at radius 3 is 2.61 bits per heavy atom. The Labute approximate surface area is 144 Å². The SMILES string of the molecule is Cc1cc2ncn(C(=O)CCSc3ccc(Cl)cc3)c2cc1C. The van der Waals surface area contributed by atoms with Crippen LogP contribution in [0.1, 0.15) is 22.3 Å². The topological polar surface area (TPSA) is 34.9 Å². The molecule has 0 atom stereocenters. The molecular weight excluding hydrogens is 328 g/mol. The summed E-state index contributed by atoms with van der Waals surface area (Å²) in [6.07, 6.45) is 2.09. The van der Waals surface area contributed by atoms with E-state index >= 15 is 0 Å². The number of nitrogens with zero attached hydrogens (tertiary/aromatic N) is 2. The molecule has 3 aromatic rings. The van der Waals surface area contributed by atoms with E-state index in [1.54, 1.807) is 22.7 Å². The van der Waals surface area contributed by atoms with Gasteiger partial charge in [-0.05, 0) is 61.4 Å². The summed E-state index contributed by atoms with van der Waals surface area (Å²) < 4.78 is 1.66. The third-order valence-corrected chi connectivity index (χ3v) is 5.10. The second-order valence-electron chi connectivity index (χ2n) is 5.49. The Balaban J connectivity index is 1.69. The van der Waals surface area contributed by atoms with Gasteiger partial charge in [0, 0.05) is 22.1 Å². The van der Waals surface area contributed by atoms with Crippen LogP contribution in [0.25, 0.3) is 11.0 Å². The number of imidazole rings is 1. The van der Waals surface area contributed by atoms with Crippen molar-refractivity contribution in [2.24, 2.45) is 0 Å². The van der Waals surface area contributed by atoms with Gasteiger partial charge in [-0.3, -0.25) is 9.36 Å². The van der Waals surface area contributed by atoms with E-state index in [1.807, 2.05) is 43.3 Å². The third kappa shape index (κ3) is 3.59. The lowest BCUT2D eigenvalue weighted by molar-refractivity contribution is 0.0915. The van der Waals surface area contributed by atoms with Crippen molar-refractivity contribution in [3.8, 4) is 0 Å². The molecule has 5 heteroatoms. The lowest BCUT2D eigenvalue weighted by Crippen LogP contribution is -2.10. The molecular formula is C18H17ClN2OS. The lowest BCUT2D eigenvalue weighted by atomic mass is 10.1. The Kier molecular flexibility index (Phi) is 4.74. The van der Waals surface area contributed by atoms with Gasteiger partial charge in [-0.25, -0.2) is 4.98 Å². The zero-order valence-corrected chi connectivity index (χ0v) is 14.6. The number of aryl methyl sites for hydroxylation is 2. The normalized spacial score (nSPS) is 11.1. The molecule has 118 valence electrons. The summed E-state index contributed by atoms with van der Waals surface area (Å²) in [5, 5.41) is 0.723. The Morgan fingerprint density at radius 2 is 1.87 bits per heavy atom. The smallest absolute Gasteiger partial charge is 0.233 e. The van der Waals surface area contributed by atoms with Crippen molar-refractivity contribution in [3.05, 3.63) is 58.9 Å². The Morgan fingerprint density at radius 1 is 1.17 bits per heavy atom. The van der Waals surface area contributed by atoms with E-state index in [0.717, 1.165) is 26.7 Å². The summed E-state index contributed by atoms with van der Waals surface area (Å²) >= 11 is 7.52. The summed E-state index contributed by atoms with van der Waals surface area (Å²) in [6.45, 7) is 4.10. The number of thioether (sulfide) groups is 1.